The minimum Gasteiger partial charge on any atom is -0.493 e. The van der Waals surface area contributed by atoms with Crippen molar-refractivity contribution in [2.24, 2.45) is 0 Å². The molecule has 82 valence electrons. The monoisotopic (exact) mass is 209 g/mol. The lowest BCUT2D eigenvalue weighted by Crippen LogP contribution is -2.24. The van der Waals surface area contributed by atoms with Crippen LogP contribution in [-0.4, -0.2) is 19.1 Å². The number of hydrogen-bond acceptors (Lipinski definition) is 3. The molecule has 0 fully saturated rings. The Balaban J connectivity index is 2.77. The molecule has 0 radical (unpaired) electrons. The van der Waals surface area contributed by atoms with Gasteiger partial charge in [0.1, 0.15) is 5.75 Å². The average molecular weight is 209 g/mol. The van der Waals surface area contributed by atoms with Crippen molar-refractivity contribution in [1.29, 1.82) is 0 Å². The van der Waals surface area contributed by atoms with Crippen molar-refractivity contribution in [3.8, 4) is 5.75 Å². The predicted octanol–water partition coefficient (Wildman–Crippen LogP) is 1.77. The fraction of sp³-hybridized carbons (Fsp3) is 0.364. The fourth-order valence-corrected chi connectivity index (χ4v) is 1.13. The van der Waals surface area contributed by atoms with Gasteiger partial charge < -0.3 is 4.74 Å². The Bertz CT molecular complexity index is 325. The van der Waals surface area contributed by atoms with Gasteiger partial charge in [0.05, 0.1) is 18.8 Å². The van der Waals surface area contributed by atoms with Gasteiger partial charge in [-0.15, -0.1) is 0 Å². The topological polar surface area (TPSA) is 47.6 Å². The van der Waals surface area contributed by atoms with Crippen molar-refractivity contribution in [1.82, 2.24) is 5.48 Å². The van der Waals surface area contributed by atoms with Crippen molar-refractivity contribution in [3.05, 3.63) is 29.8 Å². The van der Waals surface area contributed by atoms with Crippen LogP contribution in [0.15, 0.2) is 24.3 Å². The molecule has 0 spiro atoms. The van der Waals surface area contributed by atoms with Gasteiger partial charge >= 0.3 is 0 Å². The highest BCUT2D eigenvalue weighted by molar-refractivity contribution is 5.96. The van der Waals surface area contributed by atoms with Crippen LogP contribution in [0, 0.1) is 0 Å². The maximum absolute atomic E-state index is 11.6. The van der Waals surface area contributed by atoms with E-state index in [-0.39, 0.29) is 5.91 Å². The second-order valence-corrected chi connectivity index (χ2v) is 2.79. The summed E-state index contributed by atoms with van der Waals surface area (Å²) in [5, 5.41) is 0. The molecule has 4 heteroatoms. The molecule has 0 saturated carbocycles. The molecule has 4 nitrogen and oxygen atoms in total. The molecule has 0 aliphatic carbocycles. The van der Waals surface area contributed by atoms with Crippen molar-refractivity contribution in [2.75, 3.05) is 13.2 Å². The molecule has 1 aromatic carbocycles. The van der Waals surface area contributed by atoms with Gasteiger partial charge in [0, 0.05) is 0 Å². The van der Waals surface area contributed by atoms with Gasteiger partial charge in [-0.2, -0.15) is 0 Å². The number of carbonyl (C=O) groups is 1. The first-order chi connectivity index (χ1) is 7.29. The number of para-hydroxylation sites is 1. The smallest absolute Gasteiger partial charge is 0.278 e. The van der Waals surface area contributed by atoms with E-state index in [9.17, 15) is 4.79 Å². The van der Waals surface area contributed by atoms with Crippen LogP contribution in [0.5, 0.6) is 5.75 Å². The summed E-state index contributed by atoms with van der Waals surface area (Å²) in [6, 6.07) is 7.05. The average Bonchev–Trinajstić information content (AvgIpc) is 2.27. The second kappa shape index (κ2) is 6.03. The number of rotatable bonds is 5. The van der Waals surface area contributed by atoms with E-state index in [1.54, 1.807) is 25.1 Å². The van der Waals surface area contributed by atoms with Gasteiger partial charge in [-0.25, -0.2) is 5.48 Å². The molecule has 1 rings (SSSR count). The Hall–Kier alpha value is -1.55. The number of amides is 1. The van der Waals surface area contributed by atoms with Crippen molar-refractivity contribution < 1.29 is 14.4 Å². The first-order valence-corrected chi connectivity index (χ1v) is 4.93. The Labute approximate surface area is 89.1 Å². The maximum atomic E-state index is 11.6. The molecule has 0 bridgehead atoms. The largest absolute Gasteiger partial charge is 0.493 e. The van der Waals surface area contributed by atoms with E-state index in [0.717, 1.165) is 0 Å². The second-order valence-electron chi connectivity index (χ2n) is 2.79. The van der Waals surface area contributed by atoms with Crippen LogP contribution in [-0.2, 0) is 4.84 Å². The third kappa shape index (κ3) is 3.25. The first-order valence-electron chi connectivity index (χ1n) is 4.93. The Kier molecular flexibility index (Phi) is 4.63. The zero-order valence-electron chi connectivity index (χ0n) is 8.95. The molecule has 0 aliphatic rings. The van der Waals surface area contributed by atoms with Gasteiger partial charge in [-0.1, -0.05) is 12.1 Å². The standard InChI is InChI=1S/C11H15NO3/c1-3-14-10-8-6-5-7-9(10)11(13)12-15-4-2/h5-8H,3-4H2,1-2H3,(H,12,13). The molecule has 0 unspecified atom stereocenters. The van der Waals surface area contributed by atoms with E-state index in [1.807, 2.05) is 13.0 Å². The number of nitrogens with one attached hydrogen (secondary N) is 1. The summed E-state index contributed by atoms with van der Waals surface area (Å²) in [5.41, 5.74) is 2.81. The summed E-state index contributed by atoms with van der Waals surface area (Å²) in [5.74, 6) is 0.276. The first kappa shape index (κ1) is 11.5. The molecular weight excluding hydrogens is 194 g/mol. The quantitative estimate of drug-likeness (QED) is 0.752. The summed E-state index contributed by atoms with van der Waals surface area (Å²) in [4.78, 5) is 16.4. The minimum atomic E-state index is -0.291. The van der Waals surface area contributed by atoms with Crippen molar-refractivity contribution >= 4 is 5.91 Å². The summed E-state index contributed by atoms with van der Waals surface area (Å²) in [6.45, 7) is 4.63. The Morgan fingerprint density at radius 2 is 2.00 bits per heavy atom. The van der Waals surface area contributed by atoms with Gasteiger partial charge in [0.25, 0.3) is 5.91 Å². The zero-order chi connectivity index (χ0) is 11.1. The third-order valence-electron chi connectivity index (χ3n) is 1.74. The normalized spacial score (nSPS) is 9.73. The molecule has 1 amide bonds. The Morgan fingerprint density at radius 3 is 2.67 bits per heavy atom. The van der Waals surface area contributed by atoms with Crippen molar-refractivity contribution in [2.45, 2.75) is 13.8 Å². The van der Waals surface area contributed by atoms with Gasteiger partial charge in [0.15, 0.2) is 0 Å². The highest BCUT2D eigenvalue weighted by Gasteiger charge is 2.10. The molecule has 1 N–H and O–H groups in total. The highest BCUT2D eigenvalue weighted by Crippen LogP contribution is 2.17. The van der Waals surface area contributed by atoms with Crippen LogP contribution in [0.4, 0.5) is 0 Å². The van der Waals surface area contributed by atoms with Gasteiger partial charge in [-0.05, 0) is 26.0 Å². The van der Waals surface area contributed by atoms with Crippen LogP contribution in [0.1, 0.15) is 24.2 Å². The number of benzene rings is 1. The van der Waals surface area contributed by atoms with Crippen LogP contribution < -0.4 is 10.2 Å². The number of ether oxygens (including phenoxy) is 1. The summed E-state index contributed by atoms with van der Waals surface area (Å²) >= 11 is 0. The van der Waals surface area contributed by atoms with Crippen LogP contribution in [0.3, 0.4) is 0 Å². The maximum Gasteiger partial charge on any atom is 0.278 e. The summed E-state index contributed by atoms with van der Waals surface area (Å²) in [6.07, 6.45) is 0. The van der Waals surface area contributed by atoms with E-state index >= 15 is 0 Å². The number of hydroxylamine groups is 1. The zero-order valence-corrected chi connectivity index (χ0v) is 8.95. The molecule has 0 aromatic heterocycles. The molecular formula is C11H15NO3. The molecule has 1 aromatic rings. The van der Waals surface area contributed by atoms with E-state index in [1.165, 1.54) is 0 Å². The molecule has 0 saturated heterocycles. The molecule has 0 heterocycles. The van der Waals surface area contributed by atoms with Crippen LogP contribution >= 0.6 is 0 Å². The predicted molar refractivity (Wildman–Crippen MR) is 56.7 cm³/mol. The lowest BCUT2D eigenvalue weighted by Gasteiger charge is -2.09. The van der Waals surface area contributed by atoms with Gasteiger partial charge in [-0.3, -0.25) is 9.63 Å². The fourth-order valence-electron chi connectivity index (χ4n) is 1.13. The minimum absolute atomic E-state index is 0.291. The van der Waals surface area contributed by atoms with Crippen LogP contribution in [0.25, 0.3) is 0 Å². The third-order valence-corrected chi connectivity index (χ3v) is 1.74. The summed E-state index contributed by atoms with van der Waals surface area (Å²) in [7, 11) is 0. The van der Waals surface area contributed by atoms with E-state index in [4.69, 9.17) is 9.57 Å². The lowest BCUT2D eigenvalue weighted by atomic mass is 10.2. The molecule has 0 aliphatic heterocycles. The van der Waals surface area contributed by atoms with Crippen molar-refractivity contribution in [3.63, 3.8) is 0 Å². The number of carbonyl (C=O) groups excluding carboxylic acids is 1. The van der Waals surface area contributed by atoms with E-state index < -0.39 is 0 Å². The van der Waals surface area contributed by atoms with E-state index in [2.05, 4.69) is 5.48 Å². The highest BCUT2D eigenvalue weighted by atomic mass is 16.6. The molecule has 15 heavy (non-hydrogen) atoms. The molecule has 0 atom stereocenters. The SMILES string of the molecule is CCONC(=O)c1ccccc1OCC. The Morgan fingerprint density at radius 1 is 1.27 bits per heavy atom. The lowest BCUT2D eigenvalue weighted by molar-refractivity contribution is 0.0361. The summed E-state index contributed by atoms with van der Waals surface area (Å²) < 4.78 is 5.32. The number of hydrogen-bond donors (Lipinski definition) is 1. The van der Waals surface area contributed by atoms with Crippen LogP contribution in [0.2, 0.25) is 0 Å². The van der Waals surface area contributed by atoms with E-state index in [0.29, 0.717) is 24.5 Å². The van der Waals surface area contributed by atoms with Gasteiger partial charge in [0.2, 0.25) is 0 Å².